The van der Waals surface area contributed by atoms with Crippen molar-refractivity contribution in [2.24, 2.45) is 0 Å². The van der Waals surface area contributed by atoms with Gasteiger partial charge in [0.1, 0.15) is 11.4 Å². The highest BCUT2D eigenvalue weighted by Gasteiger charge is 2.36. The van der Waals surface area contributed by atoms with Crippen LogP contribution in [0.15, 0.2) is 17.0 Å². The zero-order chi connectivity index (χ0) is 24.4. The van der Waals surface area contributed by atoms with Gasteiger partial charge in [0.2, 0.25) is 4.90 Å². The summed E-state index contributed by atoms with van der Waals surface area (Å²) in [7, 11) is -1.71. The van der Waals surface area contributed by atoms with Gasteiger partial charge in [-0.25, -0.2) is 9.78 Å². The smallest absolute Gasteiger partial charge is 0.449 e. The van der Waals surface area contributed by atoms with E-state index in [1.807, 2.05) is 20.8 Å². The van der Waals surface area contributed by atoms with E-state index in [1.54, 1.807) is 12.1 Å². The van der Waals surface area contributed by atoms with Gasteiger partial charge < -0.3 is 18.5 Å². The SMILES string of the molecule is CCCCOC(=O)N[S+]([O-])c1ccc(C)nc1O[C@H](C)CCCCO[Si](C)(C)C(C)(C)C. The lowest BCUT2D eigenvalue weighted by atomic mass is 10.2. The summed E-state index contributed by atoms with van der Waals surface area (Å²) in [6.45, 7) is 18.1. The molecule has 2 atom stereocenters. The summed E-state index contributed by atoms with van der Waals surface area (Å²) < 4.78 is 32.2. The molecule has 0 aliphatic carbocycles. The highest BCUT2D eigenvalue weighted by atomic mass is 32.2. The van der Waals surface area contributed by atoms with Crippen LogP contribution in [0.3, 0.4) is 0 Å². The zero-order valence-electron chi connectivity index (χ0n) is 21.1. The molecular weight excluding hydrogens is 444 g/mol. The van der Waals surface area contributed by atoms with E-state index in [0.717, 1.165) is 44.4 Å². The Hall–Kier alpha value is -1.29. The zero-order valence-corrected chi connectivity index (χ0v) is 22.9. The second kappa shape index (κ2) is 13.4. The van der Waals surface area contributed by atoms with E-state index >= 15 is 0 Å². The summed E-state index contributed by atoms with van der Waals surface area (Å²) in [5.41, 5.74) is 0.751. The molecule has 0 fully saturated rings. The highest BCUT2D eigenvalue weighted by molar-refractivity contribution is 7.90. The van der Waals surface area contributed by atoms with Gasteiger partial charge in [-0.1, -0.05) is 34.1 Å². The van der Waals surface area contributed by atoms with Gasteiger partial charge in [-0.05, 0) is 63.7 Å². The second-order valence-corrected chi connectivity index (χ2v) is 15.6. The Morgan fingerprint density at radius 3 is 2.53 bits per heavy atom. The van der Waals surface area contributed by atoms with Crippen molar-refractivity contribution in [2.75, 3.05) is 13.2 Å². The molecule has 184 valence electrons. The molecular formula is C23H42N2O5SSi. The maximum Gasteiger partial charge on any atom is 0.449 e. The molecule has 0 radical (unpaired) electrons. The van der Waals surface area contributed by atoms with Crippen LogP contribution in [0.25, 0.3) is 0 Å². The van der Waals surface area contributed by atoms with Crippen LogP contribution in [0.1, 0.15) is 72.4 Å². The van der Waals surface area contributed by atoms with Crippen molar-refractivity contribution in [1.82, 2.24) is 9.71 Å². The minimum absolute atomic E-state index is 0.107. The van der Waals surface area contributed by atoms with Crippen molar-refractivity contribution in [3.05, 3.63) is 17.8 Å². The number of hydrogen-bond acceptors (Lipinski definition) is 6. The Kier molecular flexibility index (Phi) is 12.1. The van der Waals surface area contributed by atoms with Crippen molar-refractivity contribution >= 4 is 25.8 Å². The van der Waals surface area contributed by atoms with Crippen molar-refractivity contribution < 1.29 is 23.2 Å². The minimum Gasteiger partial charge on any atom is -0.588 e. The number of aryl methyl sites for hydroxylation is 1. The Labute approximate surface area is 198 Å². The lowest BCUT2D eigenvalue weighted by Crippen LogP contribution is -2.40. The second-order valence-electron chi connectivity index (χ2n) is 9.65. The third-order valence-corrected chi connectivity index (χ3v) is 11.3. The number of rotatable bonds is 13. The Balaban J connectivity index is 2.57. The van der Waals surface area contributed by atoms with Gasteiger partial charge in [-0.2, -0.15) is 0 Å². The molecule has 0 aromatic carbocycles. The summed E-state index contributed by atoms with van der Waals surface area (Å²) in [5, 5.41) is 0.211. The largest absolute Gasteiger partial charge is 0.588 e. The molecule has 0 bridgehead atoms. The predicted octanol–water partition coefficient (Wildman–Crippen LogP) is 5.90. The molecule has 0 spiro atoms. The van der Waals surface area contributed by atoms with E-state index in [4.69, 9.17) is 13.9 Å². The van der Waals surface area contributed by atoms with Crippen LogP contribution < -0.4 is 9.46 Å². The number of aromatic nitrogens is 1. The number of pyridine rings is 1. The number of nitrogens with one attached hydrogen (secondary N) is 1. The van der Waals surface area contributed by atoms with Gasteiger partial charge in [-0.3, -0.25) is 0 Å². The molecule has 9 heteroatoms. The molecule has 1 amide bonds. The molecule has 1 rings (SSSR count). The van der Waals surface area contributed by atoms with E-state index in [1.165, 1.54) is 0 Å². The standard InChI is InChI=1S/C23H42N2O5SSi/c1-9-10-16-28-22(26)25-31(27)20-15-14-18(2)24-21(20)30-19(3)13-11-12-17-29-32(7,8)23(4,5)6/h14-15,19H,9-13,16-17H2,1-8H3,(H,25,26)/t19-,31?/m1/s1. The lowest BCUT2D eigenvalue weighted by molar-refractivity contribution is 0.151. The minimum atomic E-state index is -1.81. The summed E-state index contributed by atoms with van der Waals surface area (Å²) in [5.74, 6) is 0.280. The number of carbonyl (C=O) groups is 1. The maximum atomic E-state index is 12.6. The van der Waals surface area contributed by atoms with Crippen LogP contribution in [-0.4, -0.2) is 43.3 Å². The highest BCUT2D eigenvalue weighted by Crippen LogP contribution is 2.36. The fourth-order valence-corrected chi connectivity index (χ4v) is 4.39. The van der Waals surface area contributed by atoms with E-state index < -0.39 is 25.8 Å². The van der Waals surface area contributed by atoms with Crippen LogP contribution in [-0.2, 0) is 20.5 Å². The van der Waals surface area contributed by atoms with Gasteiger partial charge in [0.15, 0.2) is 8.32 Å². The van der Waals surface area contributed by atoms with Gasteiger partial charge in [-0.15, -0.1) is 4.72 Å². The van der Waals surface area contributed by atoms with Crippen molar-refractivity contribution in [2.45, 2.75) is 103 Å². The summed E-state index contributed by atoms with van der Waals surface area (Å²) >= 11 is -1.81. The number of nitrogens with zero attached hydrogens (tertiary/aromatic N) is 1. The molecule has 0 saturated heterocycles. The molecule has 7 nitrogen and oxygen atoms in total. The first-order valence-corrected chi connectivity index (χ1v) is 15.6. The molecule has 1 heterocycles. The average Bonchev–Trinajstić information content (AvgIpc) is 2.67. The van der Waals surface area contributed by atoms with Gasteiger partial charge >= 0.3 is 6.09 Å². The Morgan fingerprint density at radius 1 is 1.22 bits per heavy atom. The average molecular weight is 487 g/mol. The van der Waals surface area contributed by atoms with Crippen LogP contribution in [0.5, 0.6) is 5.88 Å². The Bertz CT molecular complexity index is 712. The molecule has 32 heavy (non-hydrogen) atoms. The number of hydrogen-bond donors (Lipinski definition) is 1. The fraction of sp³-hybridized carbons (Fsp3) is 0.739. The molecule has 1 N–H and O–H groups in total. The maximum absolute atomic E-state index is 12.6. The van der Waals surface area contributed by atoms with Crippen molar-refractivity contribution in [3.63, 3.8) is 0 Å². The predicted molar refractivity (Wildman–Crippen MR) is 132 cm³/mol. The first-order valence-electron chi connectivity index (χ1n) is 11.5. The summed E-state index contributed by atoms with van der Waals surface area (Å²) in [4.78, 5) is 16.6. The first-order chi connectivity index (χ1) is 14.9. The number of ether oxygens (including phenoxy) is 2. The summed E-state index contributed by atoms with van der Waals surface area (Å²) in [6.07, 6.45) is 3.61. The van der Waals surface area contributed by atoms with Gasteiger partial charge in [0, 0.05) is 18.4 Å². The third-order valence-electron chi connectivity index (χ3n) is 5.66. The molecule has 0 aliphatic rings. The van der Waals surface area contributed by atoms with Crippen LogP contribution in [0.4, 0.5) is 4.79 Å². The Morgan fingerprint density at radius 2 is 1.91 bits per heavy atom. The third kappa shape index (κ3) is 10.1. The van der Waals surface area contributed by atoms with Crippen molar-refractivity contribution in [1.29, 1.82) is 0 Å². The number of unbranched alkanes of at least 4 members (excludes halogenated alkanes) is 2. The quantitative estimate of drug-likeness (QED) is 0.212. The van der Waals surface area contributed by atoms with Crippen LogP contribution >= 0.6 is 0 Å². The van der Waals surface area contributed by atoms with Crippen molar-refractivity contribution in [3.8, 4) is 5.88 Å². The topological polar surface area (TPSA) is 92.7 Å². The normalized spacial score (nSPS) is 14.0. The van der Waals surface area contributed by atoms with E-state index in [9.17, 15) is 9.35 Å². The molecule has 1 unspecified atom stereocenters. The van der Waals surface area contributed by atoms with Gasteiger partial charge in [0.05, 0.1) is 12.7 Å². The molecule has 1 aromatic heterocycles. The molecule has 0 saturated carbocycles. The first kappa shape index (κ1) is 28.7. The van der Waals surface area contributed by atoms with Crippen LogP contribution in [0.2, 0.25) is 18.1 Å². The number of carbonyl (C=O) groups excluding carboxylic acids is 1. The lowest BCUT2D eigenvalue weighted by Gasteiger charge is -2.36. The van der Waals surface area contributed by atoms with E-state index in [-0.39, 0.29) is 17.0 Å². The van der Waals surface area contributed by atoms with E-state index in [2.05, 4.69) is 43.6 Å². The summed E-state index contributed by atoms with van der Waals surface area (Å²) in [6, 6.07) is 3.41. The molecule has 0 aliphatic heterocycles. The molecule has 1 aromatic rings. The fourth-order valence-electron chi connectivity index (χ4n) is 2.54. The monoisotopic (exact) mass is 486 g/mol. The van der Waals surface area contributed by atoms with Crippen LogP contribution in [0, 0.1) is 6.92 Å². The number of amides is 1. The van der Waals surface area contributed by atoms with E-state index in [0.29, 0.717) is 11.5 Å². The van der Waals surface area contributed by atoms with Gasteiger partial charge in [0.25, 0.3) is 5.88 Å².